The third-order valence-electron chi connectivity index (χ3n) is 15.0. The lowest BCUT2D eigenvalue weighted by Gasteiger charge is -2.28. The largest absolute Gasteiger partial charge is 0.313 e. The highest BCUT2D eigenvalue weighted by atomic mass is 15.2. The van der Waals surface area contributed by atoms with Gasteiger partial charge in [-0.05, 0) is 137 Å². The first-order chi connectivity index (χ1) is 36.1. The fraction of sp³-hybridized carbons (Fsp3) is 0.0435. The van der Waals surface area contributed by atoms with Crippen LogP contribution in [0.5, 0.6) is 0 Å². The van der Waals surface area contributed by atoms with Crippen molar-refractivity contribution in [2.45, 2.75) is 13.3 Å². The van der Waals surface area contributed by atoms with E-state index in [0.29, 0.717) is 5.92 Å². The zero-order valence-electron chi connectivity index (χ0n) is 40.5. The molecule has 1 atom stereocenters. The number of hydrogen-bond acceptors (Lipinski definition) is 2. The standard InChI is InChI=1S/C69H50N4/c1-47-30-41-61-63-46-57(40-43-68(63)73(69(61)44-47)53-22-6-3-7-23-53)71(65-29-15-19-51-17-9-11-25-59(51)65)55-37-33-49(34-38-55)48-31-35-54(36-32-48)70(64-28-14-18-50-16-8-10-24-58(50)64)56-39-42-67-62(45-56)60-26-12-13-27-66(60)72(67)52-20-4-2-5-21-52/h2-43,45-47H,44H2,1H3. The first-order valence-corrected chi connectivity index (χ1v) is 25.4. The van der Waals surface area contributed by atoms with Gasteiger partial charge in [-0.2, -0.15) is 0 Å². The molecular weight excluding hydrogens is 885 g/mol. The van der Waals surface area contributed by atoms with Gasteiger partial charge in [0.05, 0.1) is 27.9 Å². The molecule has 4 heteroatoms. The van der Waals surface area contributed by atoms with E-state index in [0.717, 1.165) is 57.4 Å². The summed E-state index contributed by atoms with van der Waals surface area (Å²) in [6, 6.07) is 93.1. The monoisotopic (exact) mass is 934 g/mol. The SMILES string of the molecule is CC1C=Cc2c(n(-c3ccccc3)c3ccc(N(c4ccc(-c5ccc(N(c6ccc7c(c6)c6ccccc6n7-c6ccccc6)c6cccc7ccccc67)cc5)cc4)c4cccc5ccccc45)cc23)C1. The number of rotatable bonds is 9. The summed E-state index contributed by atoms with van der Waals surface area (Å²) in [6.07, 6.45) is 5.71. The summed E-state index contributed by atoms with van der Waals surface area (Å²) in [5.41, 5.74) is 17.6. The highest BCUT2D eigenvalue weighted by molar-refractivity contribution is 6.11. The Morgan fingerprint density at radius 2 is 0.795 bits per heavy atom. The number of para-hydroxylation sites is 3. The molecule has 0 N–H and O–H groups in total. The van der Waals surface area contributed by atoms with Gasteiger partial charge >= 0.3 is 0 Å². The lowest BCUT2D eigenvalue weighted by molar-refractivity contribution is 0.690. The minimum absolute atomic E-state index is 0.472. The van der Waals surface area contributed by atoms with Gasteiger partial charge in [0.1, 0.15) is 0 Å². The smallest absolute Gasteiger partial charge is 0.0542 e. The van der Waals surface area contributed by atoms with Gasteiger partial charge < -0.3 is 18.9 Å². The summed E-state index contributed by atoms with van der Waals surface area (Å²) in [7, 11) is 0. The van der Waals surface area contributed by atoms with Gasteiger partial charge in [0, 0.05) is 72.3 Å². The summed E-state index contributed by atoms with van der Waals surface area (Å²) in [5, 5.41) is 8.53. The first kappa shape index (κ1) is 42.5. The Labute approximate surface area is 425 Å². The maximum absolute atomic E-state index is 2.47. The molecule has 14 rings (SSSR count). The van der Waals surface area contributed by atoms with Crippen LogP contribution in [-0.2, 0) is 6.42 Å². The Balaban J connectivity index is 0.867. The van der Waals surface area contributed by atoms with E-state index in [9.17, 15) is 0 Å². The van der Waals surface area contributed by atoms with E-state index >= 15 is 0 Å². The average Bonchev–Trinajstić information content (AvgIpc) is 3.96. The number of benzene rings is 11. The van der Waals surface area contributed by atoms with Gasteiger partial charge in [0.15, 0.2) is 0 Å². The second-order valence-electron chi connectivity index (χ2n) is 19.4. The minimum Gasteiger partial charge on any atom is -0.313 e. The Morgan fingerprint density at radius 3 is 1.37 bits per heavy atom. The van der Waals surface area contributed by atoms with Crippen molar-refractivity contribution in [3.63, 3.8) is 0 Å². The van der Waals surface area contributed by atoms with E-state index < -0.39 is 0 Å². The molecule has 2 heterocycles. The van der Waals surface area contributed by atoms with Gasteiger partial charge in [-0.25, -0.2) is 0 Å². The second kappa shape index (κ2) is 17.5. The molecule has 346 valence electrons. The molecule has 13 aromatic rings. The molecule has 0 spiro atoms. The van der Waals surface area contributed by atoms with Crippen LogP contribution >= 0.6 is 0 Å². The number of fused-ring (bicyclic) bond motifs is 8. The van der Waals surface area contributed by atoms with Crippen LogP contribution in [0.4, 0.5) is 34.1 Å². The van der Waals surface area contributed by atoms with E-state index in [2.05, 4.69) is 293 Å². The Hall–Kier alpha value is -9.38. The Bertz CT molecular complexity index is 4230. The van der Waals surface area contributed by atoms with Gasteiger partial charge in [0.2, 0.25) is 0 Å². The number of allylic oxidation sites excluding steroid dienone is 1. The lowest BCUT2D eigenvalue weighted by atomic mass is 9.94. The van der Waals surface area contributed by atoms with Gasteiger partial charge in [-0.3, -0.25) is 0 Å². The lowest BCUT2D eigenvalue weighted by Crippen LogP contribution is -2.11. The van der Waals surface area contributed by atoms with Crippen LogP contribution in [0.2, 0.25) is 0 Å². The maximum Gasteiger partial charge on any atom is 0.0542 e. The summed E-state index contributed by atoms with van der Waals surface area (Å²) in [5.74, 6) is 0.472. The second-order valence-corrected chi connectivity index (χ2v) is 19.4. The van der Waals surface area contributed by atoms with Crippen molar-refractivity contribution >= 4 is 94.5 Å². The molecular formula is C69H50N4. The third-order valence-corrected chi connectivity index (χ3v) is 15.0. The van der Waals surface area contributed by atoms with Crippen LogP contribution in [-0.4, -0.2) is 9.13 Å². The maximum atomic E-state index is 2.47. The topological polar surface area (TPSA) is 16.3 Å². The molecule has 4 nitrogen and oxygen atoms in total. The molecule has 73 heavy (non-hydrogen) atoms. The van der Waals surface area contributed by atoms with Crippen molar-refractivity contribution in [1.29, 1.82) is 0 Å². The molecule has 0 amide bonds. The zero-order valence-corrected chi connectivity index (χ0v) is 40.5. The number of hydrogen-bond donors (Lipinski definition) is 0. The highest BCUT2D eigenvalue weighted by Crippen LogP contribution is 2.45. The van der Waals surface area contributed by atoms with Crippen molar-refractivity contribution in [1.82, 2.24) is 9.13 Å². The Morgan fingerprint density at radius 1 is 0.356 bits per heavy atom. The molecule has 2 aromatic heterocycles. The summed E-state index contributed by atoms with van der Waals surface area (Å²) >= 11 is 0. The number of aromatic nitrogens is 2. The van der Waals surface area contributed by atoms with E-state index in [1.807, 2.05) is 0 Å². The number of anilines is 6. The predicted octanol–water partition coefficient (Wildman–Crippen LogP) is 18.8. The third kappa shape index (κ3) is 7.21. The van der Waals surface area contributed by atoms with Crippen molar-refractivity contribution < 1.29 is 0 Å². The quantitative estimate of drug-likeness (QED) is 0.143. The van der Waals surface area contributed by atoms with Gasteiger partial charge in [-0.1, -0.05) is 171 Å². The molecule has 0 fully saturated rings. The van der Waals surface area contributed by atoms with Crippen molar-refractivity contribution in [3.05, 3.63) is 272 Å². The van der Waals surface area contributed by atoms with Crippen molar-refractivity contribution in [3.8, 4) is 22.5 Å². The molecule has 1 aliphatic rings. The molecule has 1 unspecified atom stereocenters. The van der Waals surface area contributed by atoms with Crippen LogP contribution in [0.3, 0.4) is 0 Å². The predicted molar refractivity (Wildman–Crippen MR) is 309 cm³/mol. The molecule has 0 radical (unpaired) electrons. The molecule has 0 saturated heterocycles. The Kier molecular flexibility index (Phi) is 10.2. The molecule has 1 aliphatic carbocycles. The molecule has 0 aliphatic heterocycles. The minimum atomic E-state index is 0.472. The van der Waals surface area contributed by atoms with Gasteiger partial charge in [-0.15, -0.1) is 0 Å². The summed E-state index contributed by atoms with van der Waals surface area (Å²) < 4.78 is 4.85. The molecule has 0 saturated carbocycles. The van der Waals surface area contributed by atoms with E-state index in [4.69, 9.17) is 0 Å². The summed E-state index contributed by atoms with van der Waals surface area (Å²) in [6.45, 7) is 2.31. The van der Waals surface area contributed by atoms with Crippen LogP contribution in [0, 0.1) is 5.92 Å². The summed E-state index contributed by atoms with van der Waals surface area (Å²) in [4.78, 5) is 4.86. The van der Waals surface area contributed by atoms with E-state index in [-0.39, 0.29) is 0 Å². The van der Waals surface area contributed by atoms with Crippen molar-refractivity contribution in [2.75, 3.05) is 9.80 Å². The normalized spacial score (nSPS) is 13.3. The van der Waals surface area contributed by atoms with Gasteiger partial charge in [0.25, 0.3) is 0 Å². The van der Waals surface area contributed by atoms with E-state index in [1.165, 1.54) is 71.2 Å². The fourth-order valence-corrected chi connectivity index (χ4v) is 11.6. The van der Waals surface area contributed by atoms with Crippen LogP contribution in [0.1, 0.15) is 18.2 Å². The highest BCUT2D eigenvalue weighted by Gasteiger charge is 2.24. The van der Waals surface area contributed by atoms with Crippen LogP contribution < -0.4 is 9.80 Å². The fourth-order valence-electron chi connectivity index (χ4n) is 11.6. The van der Waals surface area contributed by atoms with Crippen molar-refractivity contribution in [2.24, 2.45) is 5.92 Å². The average molecular weight is 935 g/mol. The van der Waals surface area contributed by atoms with E-state index in [1.54, 1.807) is 0 Å². The first-order valence-electron chi connectivity index (χ1n) is 25.4. The van der Waals surface area contributed by atoms with Crippen LogP contribution in [0.25, 0.3) is 82.8 Å². The molecule has 0 bridgehead atoms. The van der Waals surface area contributed by atoms with Crippen LogP contribution in [0.15, 0.2) is 261 Å². The number of nitrogens with zero attached hydrogens (tertiary/aromatic N) is 4. The zero-order chi connectivity index (χ0) is 48.4. The molecule has 11 aromatic carbocycles.